The molecule has 1 aromatic carbocycles. The van der Waals surface area contributed by atoms with Crippen LogP contribution in [-0.2, 0) is 10.0 Å². The third-order valence-corrected chi connectivity index (χ3v) is 5.76. The predicted octanol–water partition coefficient (Wildman–Crippen LogP) is 2.63. The molecule has 0 N–H and O–H groups in total. The maximum Gasteiger partial charge on any atom is 0.247 e. The largest absolute Gasteiger partial charge is 0.363 e. The molecule has 0 radical (unpaired) electrons. The van der Waals surface area contributed by atoms with Gasteiger partial charge in [-0.15, -0.1) is 0 Å². The molecule has 2 aromatic rings. The van der Waals surface area contributed by atoms with Crippen molar-refractivity contribution in [1.82, 2.24) is 9.46 Å². The van der Waals surface area contributed by atoms with Crippen molar-refractivity contribution in [3.63, 3.8) is 0 Å². The standard InChI is InChI=1S/C15H18N2O3S/c18-21(19,15-10-16-20-12-15)17-9-5-4-8-14(11-17)13-6-2-1-3-7-13/h1-3,6-7,10,12,14H,4-5,8-9,11H2. The normalized spacial score (nSPS) is 21.0. The molecule has 2 heterocycles. The van der Waals surface area contributed by atoms with Gasteiger partial charge < -0.3 is 4.52 Å². The number of benzene rings is 1. The second kappa shape index (κ2) is 5.99. The predicted molar refractivity (Wildman–Crippen MR) is 78.3 cm³/mol. The van der Waals surface area contributed by atoms with E-state index in [1.165, 1.54) is 18.0 Å². The molecule has 112 valence electrons. The maximum absolute atomic E-state index is 12.6. The molecular weight excluding hydrogens is 288 g/mol. The van der Waals surface area contributed by atoms with Gasteiger partial charge in [0.05, 0.1) is 6.20 Å². The van der Waals surface area contributed by atoms with Crippen LogP contribution in [0.2, 0.25) is 0 Å². The summed E-state index contributed by atoms with van der Waals surface area (Å²) in [5.74, 6) is 0.239. The SMILES string of the molecule is O=S(=O)(c1cnoc1)N1CCCCC(c2ccccc2)C1. The second-order valence-electron chi connectivity index (χ2n) is 5.33. The number of aromatic nitrogens is 1. The van der Waals surface area contributed by atoms with Crippen molar-refractivity contribution in [2.24, 2.45) is 0 Å². The van der Waals surface area contributed by atoms with Gasteiger partial charge in [-0.05, 0) is 24.3 Å². The molecule has 1 unspecified atom stereocenters. The molecule has 1 aliphatic heterocycles. The van der Waals surface area contributed by atoms with Crippen molar-refractivity contribution in [3.05, 3.63) is 48.4 Å². The van der Waals surface area contributed by atoms with Crippen molar-refractivity contribution in [1.29, 1.82) is 0 Å². The third-order valence-electron chi connectivity index (χ3n) is 3.95. The van der Waals surface area contributed by atoms with Gasteiger partial charge in [0.2, 0.25) is 10.0 Å². The van der Waals surface area contributed by atoms with E-state index in [1.807, 2.05) is 18.2 Å². The summed E-state index contributed by atoms with van der Waals surface area (Å²) in [5.41, 5.74) is 1.20. The smallest absolute Gasteiger partial charge is 0.247 e. The molecule has 0 bridgehead atoms. The lowest BCUT2D eigenvalue weighted by Gasteiger charge is -2.23. The molecule has 0 amide bonds. The van der Waals surface area contributed by atoms with Crippen LogP contribution < -0.4 is 0 Å². The Hall–Kier alpha value is -1.66. The van der Waals surface area contributed by atoms with Gasteiger partial charge in [-0.1, -0.05) is 41.9 Å². The van der Waals surface area contributed by atoms with Crippen molar-refractivity contribution in [2.45, 2.75) is 30.1 Å². The first kappa shape index (κ1) is 14.3. The van der Waals surface area contributed by atoms with E-state index in [0.717, 1.165) is 19.3 Å². The Morgan fingerprint density at radius 2 is 2.00 bits per heavy atom. The van der Waals surface area contributed by atoms with Crippen molar-refractivity contribution in [3.8, 4) is 0 Å². The van der Waals surface area contributed by atoms with Crippen LogP contribution in [-0.4, -0.2) is 31.0 Å². The zero-order valence-corrected chi connectivity index (χ0v) is 12.5. The number of nitrogens with zero attached hydrogens (tertiary/aromatic N) is 2. The van der Waals surface area contributed by atoms with Crippen LogP contribution in [0.3, 0.4) is 0 Å². The van der Waals surface area contributed by atoms with Gasteiger partial charge in [0.15, 0.2) is 0 Å². The highest BCUT2D eigenvalue weighted by Crippen LogP contribution is 2.29. The van der Waals surface area contributed by atoms with E-state index in [2.05, 4.69) is 21.8 Å². The third kappa shape index (κ3) is 3.01. The molecule has 5 nitrogen and oxygen atoms in total. The van der Waals surface area contributed by atoms with E-state index in [9.17, 15) is 8.42 Å². The molecule has 1 atom stereocenters. The molecule has 1 aliphatic rings. The highest BCUT2D eigenvalue weighted by Gasteiger charge is 2.30. The number of hydrogen-bond acceptors (Lipinski definition) is 4. The Kier molecular flexibility index (Phi) is 4.07. The summed E-state index contributed by atoms with van der Waals surface area (Å²) in [6.07, 6.45) is 5.39. The molecular formula is C15H18N2O3S. The average molecular weight is 306 g/mol. The minimum absolute atomic E-state index is 0.135. The van der Waals surface area contributed by atoms with Gasteiger partial charge in [0.1, 0.15) is 11.2 Å². The molecule has 0 saturated carbocycles. The lowest BCUT2D eigenvalue weighted by Crippen LogP contribution is -2.34. The first-order valence-corrected chi connectivity index (χ1v) is 8.56. The zero-order valence-electron chi connectivity index (χ0n) is 11.7. The van der Waals surface area contributed by atoms with Crippen LogP contribution in [0.1, 0.15) is 30.7 Å². The van der Waals surface area contributed by atoms with E-state index in [-0.39, 0.29) is 10.8 Å². The molecule has 0 aliphatic carbocycles. The topological polar surface area (TPSA) is 63.4 Å². The van der Waals surface area contributed by atoms with Gasteiger partial charge >= 0.3 is 0 Å². The molecule has 1 saturated heterocycles. The van der Waals surface area contributed by atoms with E-state index in [4.69, 9.17) is 0 Å². The first-order valence-electron chi connectivity index (χ1n) is 7.12. The van der Waals surface area contributed by atoms with Gasteiger partial charge in [-0.2, -0.15) is 4.31 Å². The van der Waals surface area contributed by atoms with Gasteiger partial charge in [0, 0.05) is 13.1 Å². The fourth-order valence-electron chi connectivity index (χ4n) is 2.79. The molecule has 1 aromatic heterocycles. The van der Waals surface area contributed by atoms with Gasteiger partial charge in [-0.3, -0.25) is 0 Å². The van der Waals surface area contributed by atoms with Crippen LogP contribution in [0.15, 0.2) is 52.2 Å². The lowest BCUT2D eigenvalue weighted by atomic mass is 9.95. The van der Waals surface area contributed by atoms with E-state index < -0.39 is 10.0 Å². The lowest BCUT2D eigenvalue weighted by molar-refractivity contribution is 0.402. The minimum atomic E-state index is -3.51. The summed E-state index contributed by atoms with van der Waals surface area (Å²) >= 11 is 0. The fraction of sp³-hybridized carbons (Fsp3) is 0.400. The van der Waals surface area contributed by atoms with Gasteiger partial charge in [0.25, 0.3) is 0 Å². The summed E-state index contributed by atoms with van der Waals surface area (Å²) < 4.78 is 31.4. The van der Waals surface area contributed by atoms with Crippen LogP contribution in [0, 0.1) is 0 Å². The van der Waals surface area contributed by atoms with Crippen molar-refractivity contribution in [2.75, 3.05) is 13.1 Å². The van der Waals surface area contributed by atoms with Crippen molar-refractivity contribution < 1.29 is 12.9 Å². The highest BCUT2D eigenvalue weighted by molar-refractivity contribution is 7.89. The van der Waals surface area contributed by atoms with E-state index in [1.54, 1.807) is 4.31 Å². The maximum atomic E-state index is 12.6. The van der Waals surface area contributed by atoms with E-state index >= 15 is 0 Å². The Balaban J connectivity index is 1.86. The van der Waals surface area contributed by atoms with Crippen LogP contribution in [0.25, 0.3) is 0 Å². The Bertz CT molecular complexity index is 668. The fourth-order valence-corrected chi connectivity index (χ4v) is 4.18. The Morgan fingerprint density at radius 3 is 2.71 bits per heavy atom. The summed E-state index contributed by atoms with van der Waals surface area (Å²) in [4.78, 5) is 0.135. The van der Waals surface area contributed by atoms with E-state index in [0.29, 0.717) is 13.1 Å². The Labute approximate surface area is 124 Å². The number of hydrogen-bond donors (Lipinski definition) is 0. The second-order valence-corrected chi connectivity index (χ2v) is 7.26. The quantitative estimate of drug-likeness (QED) is 0.874. The summed E-state index contributed by atoms with van der Waals surface area (Å²) in [6.45, 7) is 1.06. The van der Waals surface area contributed by atoms with Crippen LogP contribution in [0.5, 0.6) is 0 Å². The van der Waals surface area contributed by atoms with Crippen LogP contribution >= 0.6 is 0 Å². The molecule has 1 fully saturated rings. The molecule has 21 heavy (non-hydrogen) atoms. The monoisotopic (exact) mass is 306 g/mol. The zero-order chi connectivity index (χ0) is 14.7. The average Bonchev–Trinajstić information content (AvgIpc) is 2.93. The first-order chi connectivity index (χ1) is 10.2. The van der Waals surface area contributed by atoms with Crippen LogP contribution in [0.4, 0.5) is 0 Å². The van der Waals surface area contributed by atoms with Gasteiger partial charge in [-0.25, -0.2) is 8.42 Å². The molecule has 6 heteroatoms. The summed E-state index contributed by atoms with van der Waals surface area (Å²) in [7, 11) is -3.51. The minimum Gasteiger partial charge on any atom is -0.363 e. The number of sulfonamides is 1. The Morgan fingerprint density at radius 1 is 1.19 bits per heavy atom. The number of rotatable bonds is 3. The molecule has 0 spiro atoms. The molecule has 3 rings (SSSR count). The summed E-state index contributed by atoms with van der Waals surface area (Å²) in [5, 5.41) is 3.50. The summed E-state index contributed by atoms with van der Waals surface area (Å²) in [6, 6.07) is 10.1. The highest BCUT2D eigenvalue weighted by atomic mass is 32.2. The van der Waals surface area contributed by atoms with Crippen molar-refractivity contribution >= 4 is 10.0 Å².